The van der Waals surface area contributed by atoms with Crippen molar-refractivity contribution in [2.75, 3.05) is 58.6 Å². The molecule has 0 aromatic carbocycles. The van der Waals surface area contributed by atoms with E-state index in [4.69, 9.17) is 18.9 Å². The Bertz CT molecular complexity index is 222. The molecule has 120 valence electrons. The molecule has 4 nitrogen and oxygen atoms in total. The number of unbranched alkanes of at least 4 members (excludes halogenated alkanes) is 1. The smallest absolute Gasteiger partial charge is 0.0701 e. The molecule has 0 aliphatic heterocycles. The first-order valence-corrected chi connectivity index (χ1v) is 8.38. The quantitative estimate of drug-likeness (QED) is 0.373. The van der Waals surface area contributed by atoms with Crippen LogP contribution in [0.4, 0.5) is 0 Å². The van der Waals surface area contributed by atoms with Gasteiger partial charge >= 0.3 is 0 Å². The van der Waals surface area contributed by atoms with Gasteiger partial charge < -0.3 is 18.9 Å². The van der Waals surface area contributed by atoms with Crippen molar-refractivity contribution in [3.05, 3.63) is 0 Å². The summed E-state index contributed by atoms with van der Waals surface area (Å²) >= 11 is 4.34. The Balaban J connectivity index is 1.68. The third kappa shape index (κ3) is 9.19. The first kappa shape index (κ1) is 18.2. The summed E-state index contributed by atoms with van der Waals surface area (Å²) in [6.45, 7) is 7.68. The second-order valence-corrected chi connectivity index (χ2v) is 5.72. The van der Waals surface area contributed by atoms with Gasteiger partial charge in [-0.1, -0.05) is 13.3 Å². The van der Waals surface area contributed by atoms with E-state index in [0.717, 1.165) is 25.4 Å². The first-order chi connectivity index (χ1) is 9.83. The third-order valence-electron chi connectivity index (χ3n) is 3.46. The Kier molecular flexibility index (Phi) is 10.8. The molecule has 0 amide bonds. The number of hydrogen-bond acceptors (Lipinski definition) is 5. The third-order valence-corrected chi connectivity index (χ3v) is 4.13. The molecule has 1 rings (SSSR count). The van der Waals surface area contributed by atoms with Gasteiger partial charge in [0.2, 0.25) is 0 Å². The van der Waals surface area contributed by atoms with Gasteiger partial charge in [-0.15, -0.1) is 0 Å². The maximum absolute atomic E-state index is 5.60. The summed E-state index contributed by atoms with van der Waals surface area (Å²) in [5, 5.41) is 0. The van der Waals surface area contributed by atoms with Crippen LogP contribution in [0.25, 0.3) is 0 Å². The summed E-state index contributed by atoms with van der Waals surface area (Å²) in [6.07, 6.45) is 4.81. The minimum absolute atomic E-state index is 0.379. The maximum Gasteiger partial charge on any atom is 0.0701 e. The van der Waals surface area contributed by atoms with Crippen molar-refractivity contribution in [1.29, 1.82) is 0 Å². The largest absolute Gasteiger partial charge is 0.379 e. The molecule has 0 aromatic heterocycles. The molecule has 0 saturated heterocycles. The summed E-state index contributed by atoms with van der Waals surface area (Å²) in [5.41, 5.74) is 0.379. The van der Waals surface area contributed by atoms with Crippen LogP contribution in [-0.2, 0) is 18.9 Å². The molecule has 1 aliphatic carbocycles. The van der Waals surface area contributed by atoms with E-state index in [0.29, 0.717) is 45.1 Å². The van der Waals surface area contributed by atoms with Crippen LogP contribution in [0, 0.1) is 5.41 Å². The predicted octanol–water partition coefficient (Wildman–Crippen LogP) is 2.56. The van der Waals surface area contributed by atoms with Crippen LogP contribution in [0.15, 0.2) is 0 Å². The molecule has 0 unspecified atom stereocenters. The molecule has 1 saturated carbocycles. The first-order valence-electron chi connectivity index (χ1n) is 7.75. The number of ether oxygens (including phenoxy) is 4. The second kappa shape index (κ2) is 11.8. The molecule has 0 bridgehead atoms. The molecule has 1 aliphatic rings. The fraction of sp³-hybridized carbons (Fsp3) is 1.00. The van der Waals surface area contributed by atoms with Gasteiger partial charge in [-0.2, -0.15) is 12.6 Å². The lowest BCUT2D eigenvalue weighted by Gasteiger charge is -2.12. The van der Waals surface area contributed by atoms with Crippen LogP contribution < -0.4 is 0 Å². The molecule has 0 heterocycles. The maximum atomic E-state index is 5.60. The monoisotopic (exact) mass is 306 g/mol. The lowest BCUT2D eigenvalue weighted by Crippen LogP contribution is -2.16. The van der Waals surface area contributed by atoms with E-state index in [1.54, 1.807) is 0 Å². The van der Waals surface area contributed by atoms with Crippen LogP contribution in [0.5, 0.6) is 0 Å². The number of thiol groups is 1. The van der Waals surface area contributed by atoms with E-state index in [9.17, 15) is 0 Å². The molecule has 0 radical (unpaired) electrons. The van der Waals surface area contributed by atoms with E-state index < -0.39 is 0 Å². The van der Waals surface area contributed by atoms with E-state index in [1.165, 1.54) is 19.3 Å². The highest BCUT2D eigenvalue weighted by Crippen LogP contribution is 2.46. The summed E-state index contributed by atoms with van der Waals surface area (Å²) in [7, 11) is 0. The Morgan fingerprint density at radius 2 is 1.30 bits per heavy atom. The minimum Gasteiger partial charge on any atom is -0.379 e. The van der Waals surface area contributed by atoms with Gasteiger partial charge in [0.1, 0.15) is 0 Å². The molecule has 1 fully saturated rings. The molecule has 0 atom stereocenters. The van der Waals surface area contributed by atoms with Gasteiger partial charge in [0, 0.05) is 12.0 Å². The van der Waals surface area contributed by atoms with Crippen molar-refractivity contribution in [3.8, 4) is 0 Å². The van der Waals surface area contributed by atoms with E-state index >= 15 is 0 Å². The average molecular weight is 306 g/mol. The van der Waals surface area contributed by atoms with Crippen molar-refractivity contribution in [3.63, 3.8) is 0 Å². The lowest BCUT2D eigenvalue weighted by atomic mass is 10.2. The van der Waals surface area contributed by atoms with Crippen molar-refractivity contribution in [2.24, 2.45) is 5.41 Å². The van der Waals surface area contributed by atoms with Crippen molar-refractivity contribution in [2.45, 2.75) is 32.6 Å². The SMILES string of the molecule is CCCCOCCOCCOCCOCC1(CS)CC1. The van der Waals surface area contributed by atoms with Gasteiger partial charge in [0.15, 0.2) is 0 Å². The summed E-state index contributed by atoms with van der Waals surface area (Å²) < 4.78 is 21.8. The van der Waals surface area contributed by atoms with Crippen LogP contribution in [0.3, 0.4) is 0 Å². The molecule has 20 heavy (non-hydrogen) atoms. The van der Waals surface area contributed by atoms with Crippen LogP contribution in [0.1, 0.15) is 32.6 Å². The van der Waals surface area contributed by atoms with Crippen LogP contribution >= 0.6 is 12.6 Å². The van der Waals surface area contributed by atoms with E-state index in [1.807, 2.05) is 0 Å². The normalized spacial score (nSPS) is 16.5. The molecular formula is C15H30O4S. The highest BCUT2D eigenvalue weighted by molar-refractivity contribution is 7.80. The average Bonchev–Trinajstić information content (AvgIpc) is 3.24. The van der Waals surface area contributed by atoms with E-state index in [2.05, 4.69) is 19.6 Å². The molecular weight excluding hydrogens is 276 g/mol. The topological polar surface area (TPSA) is 36.9 Å². The summed E-state index contributed by atoms with van der Waals surface area (Å²) in [4.78, 5) is 0. The Hall–Kier alpha value is 0.190. The minimum atomic E-state index is 0.379. The van der Waals surface area contributed by atoms with Gasteiger partial charge in [0.05, 0.1) is 46.2 Å². The fourth-order valence-corrected chi connectivity index (χ4v) is 2.13. The molecule has 0 aromatic rings. The van der Waals surface area contributed by atoms with Crippen LogP contribution in [0.2, 0.25) is 0 Å². The predicted molar refractivity (Wildman–Crippen MR) is 83.7 cm³/mol. The summed E-state index contributed by atoms with van der Waals surface area (Å²) in [5.74, 6) is 0.933. The van der Waals surface area contributed by atoms with Gasteiger partial charge in [-0.25, -0.2) is 0 Å². The Morgan fingerprint density at radius 3 is 1.75 bits per heavy atom. The molecule has 0 N–H and O–H groups in total. The highest BCUT2D eigenvalue weighted by atomic mass is 32.1. The number of rotatable bonds is 15. The van der Waals surface area contributed by atoms with Crippen molar-refractivity contribution < 1.29 is 18.9 Å². The second-order valence-electron chi connectivity index (χ2n) is 5.40. The van der Waals surface area contributed by atoms with Crippen molar-refractivity contribution >= 4 is 12.6 Å². The zero-order valence-corrected chi connectivity index (χ0v) is 13.7. The molecule has 0 spiro atoms. The highest BCUT2D eigenvalue weighted by Gasteiger charge is 2.41. The zero-order valence-electron chi connectivity index (χ0n) is 12.8. The van der Waals surface area contributed by atoms with Crippen molar-refractivity contribution in [1.82, 2.24) is 0 Å². The molecule has 5 heteroatoms. The lowest BCUT2D eigenvalue weighted by molar-refractivity contribution is -0.00646. The van der Waals surface area contributed by atoms with Gasteiger partial charge in [-0.3, -0.25) is 0 Å². The number of hydrogen-bond donors (Lipinski definition) is 1. The Morgan fingerprint density at radius 1 is 0.800 bits per heavy atom. The van der Waals surface area contributed by atoms with Gasteiger partial charge in [0.25, 0.3) is 0 Å². The van der Waals surface area contributed by atoms with Gasteiger partial charge in [-0.05, 0) is 25.0 Å². The van der Waals surface area contributed by atoms with Crippen LogP contribution in [-0.4, -0.2) is 58.6 Å². The fourth-order valence-electron chi connectivity index (χ4n) is 1.72. The standard InChI is InChI=1S/C15H30O4S/c1-2-3-6-16-7-8-17-9-10-18-11-12-19-13-15(14-20)4-5-15/h20H,2-14H2,1H3. The summed E-state index contributed by atoms with van der Waals surface area (Å²) in [6, 6.07) is 0. The Labute approximate surface area is 128 Å². The van der Waals surface area contributed by atoms with E-state index in [-0.39, 0.29) is 0 Å². The zero-order chi connectivity index (χ0) is 14.5.